The molecule has 1 atom stereocenters. The average Bonchev–Trinajstić information content (AvgIpc) is 2.95. The number of aliphatic hydroxyl groups is 1. The Bertz CT molecular complexity index is 1300. The number of aliphatic hydroxyl groups excluding tert-OH is 1. The van der Waals surface area contributed by atoms with E-state index >= 15 is 0 Å². The molecule has 6 heteroatoms. The SMILES string of the molecule is Cc1ccc(C(=O)Oc2ccc(OCCCCCOc3ccc(OC(O)c4ccc(C)cc4)cc3)cc2)cc1. The molecule has 4 aromatic rings. The summed E-state index contributed by atoms with van der Waals surface area (Å²) in [6.07, 6.45) is 1.76. The van der Waals surface area contributed by atoms with Crippen LogP contribution in [0.3, 0.4) is 0 Å². The molecule has 4 rings (SSSR count). The Balaban J connectivity index is 1.08. The van der Waals surface area contributed by atoms with Crippen LogP contribution in [-0.2, 0) is 0 Å². The second-order valence-electron chi connectivity index (χ2n) is 9.34. The van der Waals surface area contributed by atoms with Crippen LogP contribution in [0.2, 0.25) is 0 Å². The highest BCUT2D eigenvalue weighted by molar-refractivity contribution is 5.91. The van der Waals surface area contributed by atoms with E-state index in [1.54, 1.807) is 48.5 Å². The van der Waals surface area contributed by atoms with Gasteiger partial charge in [0.05, 0.1) is 18.8 Å². The summed E-state index contributed by atoms with van der Waals surface area (Å²) in [6.45, 7) is 5.17. The van der Waals surface area contributed by atoms with Crippen LogP contribution in [0.1, 0.15) is 52.6 Å². The van der Waals surface area contributed by atoms with Gasteiger partial charge in [-0.3, -0.25) is 0 Å². The number of ether oxygens (including phenoxy) is 4. The van der Waals surface area contributed by atoms with Crippen LogP contribution in [0.15, 0.2) is 97.1 Å². The zero-order valence-corrected chi connectivity index (χ0v) is 22.3. The lowest BCUT2D eigenvalue weighted by molar-refractivity contribution is -0.0194. The number of carbonyl (C=O) groups excluding carboxylic acids is 1. The van der Waals surface area contributed by atoms with Crippen molar-refractivity contribution in [3.63, 3.8) is 0 Å². The van der Waals surface area contributed by atoms with Gasteiger partial charge in [0.15, 0.2) is 0 Å². The fourth-order valence-corrected chi connectivity index (χ4v) is 3.76. The Labute approximate surface area is 229 Å². The van der Waals surface area contributed by atoms with Crippen molar-refractivity contribution < 1.29 is 28.8 Å². The van der Waals surface area contributed by atoms with E-state index in [0.717, 1.165) is 41.9 Å². The molecule has 6 nitrogen and oxygen atoms in total. The molecule has 0 bridgehead atoms. The number of carbonyl (C=O) groups is 1. The lowest BCUT2D eigenvalue weighted by Gasteiger charge is -2.14. The first-order valence-electron chi connectivity index (χ1n) is 13.1. The first-order valence-corrected chi connectivity index (χ1v) is 13.1. The molecule has 0 amide bonds. The van der Waals surface area contributed by atoms with Gasteiger partial charge in [-0.2, -0.15) is 0 Å². The van der Waals surface area contributed by atoms with Crippen LogP contribution in [0.4, 0.5) is 0 Å². The van der Waals surface area contributed by atoms with Gasteiger partial charge in [-0.25, -0.2) is 4.79 Å². The fraction of sp³-hybridized carbons (Fsp3) is 0.242. The Morgan fingerprint density at radius 1 is 0.615 bits per heavy atom. The minimum atomic E-state index is -1.01. The van der Waals surface area contributed by atoms with Crippen LogP contribution >= 0.6 is 0 Å². The molecule has 0 aliphatic heterocycles. The van der Waals surface area contributed by atoms with Gasteiger partial charge in [0.25, 0.3) is 0 Å². The van der Waals surface area contributed by atoms with E-state index in [1.165, 1.54) is 0 Å². The molecule has 0 saturated carbocycles. The normalized spacial score (nSPS) is 11.5. The highest BCUT2D eigenvalue weighted by atomic mass is 16.6. The van der Waals surface area contributed by atoms with Crippen LogP contribution in [-0.4, -0.2) is 24.3 Å². The summed E-state index contributed by atoms with van der Waals surface area (Å²) in [5, 5.41) is 10.3. The lowest BCUT2D eigenvalue weighted by atomic mass is 10.1. The largest absolute Gasteiger partial charge is 0.494 e. The van der Waals surface area contributed by atoms with Gasteiger partial charge < -0.3 is 24.1 Å². The molecule has 0 fully saturated rings. The first-order chi connectivity index (χ1) is 19.0. The summed E-state index contributed by atoms with van der Waals surface area (Å²) < 4.78 is 22.6. The summed E-state index contributed by atoms with van der Waals surface area (Å²) >= 11 is 0. The summed E-state index contributed by atoms with van der Waals surface area (Å²) in [5.74, 6) is 2.16. The third kappa shape index (κ3) is 8.90. The number of benzene rings is 4. The van der Waals surface area contributed by atoms with Crippen molar-refractivity contribution in [3.8, 4) is 23.0 Å². The molecule has 202 valence electrons. The van der Waals surface area contributed by atoms with Crippen molar-refractivity contribution in [1.29, 1.82) is 0 Å². The molecule has 0 heterocycles. The molecule has 1 unspecified atom stereocenters. The van der Waals surface area contributed by atoms with Gasteiger partial charge in [0.2, 0.25) is 6.29 Å². The predicted octanol–water partition coefficient (Wildman–Crippen LogP) is 7.22. The molecule has 1 N–H and O–H groups in total. The number of esters is 1. The van der Waals surface area contributed by atoms with E-state index in [1.807, 2.05) is 62.4 Å². The summed E-state index contributed by atoms with van der Waals surface area (Å²) in [7, 11) is 0. The van der Waals surface area contributed by atoms with Crippen molar-refractivity contribution in [2.45, 2.75) is 39.4 Å². The molecule has 0 aliphatic carbocycles. The molecular formula is C33H34O6. The summed E-state index contributed by atoms with van der Waals surface area (Å²) in [4.78, 5) is 12.2. The van der Waals surface area contributed by atoms with Crippen LogP contribution in [0.25, 0.3) is 0 Å². The maximum atomic E-state index is 12.2. The minimum Gasteiger partial charge on any atom is -0.494 e. The quantitative estimate of drug-likeness (QED) is 0.0858. The molecule has 0 aliphatic rings. The second-order valence-corrected chi connectivity index (χ2v) is 9.34. The second kappa shape index (κ2) is 14.0. The smallest absolute Gasteiger partial charge is 0.343 e. The Kier molecular flexibility index (Phi) is 9.98. The van der Waals surface area contributed by atoms with Gasteiger partial charge >= 0.3 is 5.97 Å². The minimum absolute atomic E-state index is 0.382. The van der Waals surface area contributed by atoms with Gasteiger partial charge in [-0.1, -0.05) is 47.5 Å². The standard InChI is InChI=1S/C33H34O6/c1-24-6-10-26(11-7-24)32(34)38-30-18-14-28(15-19-30)36-22-4-3-5-23-37-29-16-20-31(21-17-29)39-33(35)27-12-8-25(2)9-13-27/h6-21,32,34H,3-5,22-23H2,1-2H3. The molecule has 0 saturated heterocycles. The number of rotatable bonds is 13. The maximum absolute atomic E-state index is 12.2. The predicted molar refractivity (Wildman–Crippen MR) is 151 cm³/mol. The van der Waals surface area contributed by atoms with Crippen molar-refractivity contribution in [1.82, 2.24) is 0 Å². The van der Waals surface area contributed by atoms with Crippen LogP contribution < -0.4 is 18.9 Å². The number of aryl methyl sites for hydroxylation is 2. The summed E-state index contributed by atoms with van der Waals surface area (Å²) in [6, 6.07) is 29.2. The number of unbranched alkanes of at least 4 members (excludes halogenated alkanes) is 2. The number of hydrogen-bond donors (Lipinski definition) is 1. The molecule has 39 heavy (non-hydrogen) atoms. The topological polar surface area (TPSA) is 74.2 Å². The number of hydrogen-bond acceptors (Lipinski definition) is 6. The highest BCUT2D eigenvalue weighted by Gasteiger charge is 2.10. The first kappa shape index (κ1) is 27.7. The molecule has 4 aromatic carbocycles. The van der Waals surface area contributed by atoms with Gasteiger partial charge in [-0.05, 0) is 93.8 Å². The lowest BCUT2D eigenvalue weighted by Crippen LogP contribution is -2.08. The van der Waals surface area contributed by atoms with E-state index < -0.39 is 6.29 Å². The zero-order valence-electron chi connectivity index (χ0n) is 22.3. The van der Waals surface area contributed by atoms with Crippen molar-refractivity contribution >= 4 is 5.97 Å². The van der Waals surface area contributed by atoms with Crippen molar-refractivity contribution in [2.75, 3.05) is 13.2 Å². The average molecular weight is 527 g/mol. The van der Waals surface area contributed by atoms with E-state index in [9.17, 15) is 9.90 Å². The van der Waals surface area contributed by atoms with Crippen LogP contribution in [0.5, 0.6) is 23.0 Å². The Morgan fingerprint density at radius 3 is 1.62 bits per heavy atom. The van der Waals surface area contributed by atoms with E-state index in [4.69, 9.17) is 18.9 Å². The molecule has 0 spiro atoms. The maximum Gasteiger partial charge on any atom is 0.343 e. The van der Waals surface area contributed by atoms with E-state index in [-0.39, 0.29) is 5.97 Å². The third-order valence-corrected chi connectivity index (χ3v) is 6.08. The van der Waals surface area contributed by atoms with Gasteiger partial charge in [-0.15, -0.1) is 0 Å². The van der Waals surface area contributed by atoms with Gasteiger partial charge in [0, 0.05) is 5.56 Å². The van der Waals surface area contributed by atoms with Gasteiger partial charge in [0.1, 0.15) is 23.0 Å². The monoisotopic (exact) mass is 526 g/mol. The highest BCUT2D eigenvalue weighted by Crippen LogP contribution is 2.23. The molecule has 0 aromatic heterocycles. The van der Waals surface area contributed by atoms with Crippen LogP contribution in [0, 0.1) is 13.8 Å². The van der Waals surface area contributed by atoms with Crippen molar-refractivity contribution in [3.05, 3.63) is 119 Å². The molecular weight excluding hydrogens is 492 g/mol. The van der Waals surface area contributed by atoms with E-state index in [0.29, 0.717) is 35.8 Å². The zero-order chi connectivity index (χ0) is 27.5. The Hall–Kier alpha value is -4.29. The van der Waals surface area contributed by atoms with Crippen molar-refractivity contribution in [2.24, 2.45) is 0 Å². The summed E-state index contributed by atoms with van der Waals surface area (Å²) in [5.41, 5.74) is 3.45. The molecule has 0 radical (unpaired) electrons. The van der Waals surface area contributed by atoms with E-state index in [2.05, 4.69) is 0 Å². The fourth-order valence-electron chi connectivity index (χ4n) is 3.76. The third-order valence-electron chi connectivity index (χ3n) is 6.08. The Morgan fingerprint density at radius 2 is 1.08 bits per heavy atom.